The third kappa shape index (κ3) is 3.84. The predicted molar refractivity (Wildman–Crippen MR) is 91.7 cm³/mol. The summed E-state index contributed by atoms with van der Waals surface area (Å²) in [5.74, 6) is 0.397. The highest BCUT2D eigenvalue weighted by Gasteiger charge is 2.24. The quantitative estimate of drug-likeness (QED) is 0.841. The van der Waals surface area contributed by atoms with Crippen molar-refractivity contribution in [1.29, 1.82) is 0 Å². The van der Waals surface area contributed by atoms with Crippen molar-refractivity contribution in [2.75, 3.05) is 19.6 Å². The first kappa shape index (κ1) is 16.7. The molecular weight excluding hydrogens is 304 g/mol. The number of aryl methyl sites for hydroxylation is 3. The molecular formula is C17H26N6O. The minimum Gasteiger partial charge on any atom is -0.350 e. The number of carbonyl (C=O) groups excluding carboxylic acids is 1. The number of amides is 1. The van der Waals surface area contributed by atoms with E-state index in [1.807, 2.05) is 11.6 Å². The Morgan fingerprint density at radius 3 is 2.96 bits per heavy atom. The molecule has 2 aromatic heterocycles. The van der Waals surface area contributed by atoms with Crippen LogP contribution >= 0.6 is 0 Å². The van der Waals surface area contributed by atoms with E-state index >= 15 is 0 Å². The van der Waals surface area contributed by atoms with Gasteiger partial charge in [0.05, 0.1) is 5.69 Å². The summed E-state index contributed by atoms with van der Waals surface area (Å²) in [4.78, 5) is 14.5. The molecule has 0 radical (unpaired) electrons. The molecule has 3 heterocycles. The van der Waals surface area contributed by atoms with Gasteiger partial charge in [-0.25, -0.2) is 0 Å². The van der Waals surface area contributed by atoms with Crippen LogP contribution in [0.25, 0.3) is 0 Å². The lowest BCUT2D eigenvalue weighted by Gasteiger charge is -2.15. The zero-order valence-corrected chi connectivity index (χ0v) is 14.7. The first-order valence-corrected chi connectivity index (χ1v) is 8.60. The highest BCUT2D eigenvalue weighted by molar-refractivity contribution is 5.92. The van der Waals surface area contributed by atoms with Crippen LogP contribution in [0, 0.1) is 19.8 Å². The maximum absolute atomic E-state index is 12.0. The van der Waals surface area contributed by atoms with E-state index in [0.29, 0.717) is 18.2 Å². The summed E-state index contributed by atoms with van der Waals surface area (Å²) in [5, 5.41) is 14.3. The fraction of sp³-hybridized carbons (Fsp3) is 0.588. The minimum absolute atomic E-state index is 0.0992. The fourth-order valence-electron chi connectivity index (χ4n) is 3.20. The summed E-state index contributed by atoms with van der Waals surface area (Å²) >= 11 is 0. The highest BCUT2D eigenvalue weighted by Crippen LogP contribution is 2.19. The zero-order chi connectivity index (χ0) is 17.1. The third-order valence-electron chi connectivity index (χ3n) is 4.63. The average molecular weight is 330 g/mol. The van der Waals surface area contributed by atoms with Crippen LogP contribution in [0.4, 0.5) is 0 Å². The number of nitrogens with zero attached hydrogens (tertiary/aromatic N) is 4. The normalized spacial score (nSPS) is 18.2. The number of H-pyrrole nitrogens is 1. The van der Waals surface area contributed by atoms with Crippen LogP contribution < -0.4 is 5.32 Å². The molecule has 1 saturated heterocycles. The maximum atomic E-state index is 12.0. The van der Waals surface area contributed by atoms with E-state index in [9.17, 15) is 4.79 Å². The Bertz CT molecular complexity index is 704. The minimum atomic E-state index is -0.0992. The summed E-state index contributed by atoms with van der Waals surface area (Å²) in [6.07, 6.45) is 3.26. The molecule has 7 nitrogen and oxygen atoms in total. The Labute approximate surface area is 142 Å². The molecule has 130 valence electrons. The van der Waals surface area contributed by atoms with Crippen molar-refractivity contribution < 1.29 is 4.79 Å². The number of nitrogens with one attached hydrogen (secondary N) is 2. The Morgan fingerprint density at radius 2 is 2.29 bits per heavy atom. The fourth-order valence-corrected chi connectivity index (χ4v) is 3.20. The molecule has 0 aromatic carbocycles. The second kappa shape index (κ2) is 7.17. The van der Waals surface area contributed by atoms with Gasteiger partial charge < -0.3 is 5.32 Å². The zero-order valence-electron chi connectivity index (χ0n) is 14.7. The lowest BCUT2D eigenvalue weighted by Crippen LogP contribution is -2.31. The SMILES string of the molecule is CCn1cc(CN2CCC(CNC(=O)c3cc(C)[nH]n3)C2)c(C)n1. The third-order valence-corrected chi connectivity index (χ3v) is 4.63. The monoisotopic (exact) mass is 330 g/mol. The molecule has 1 aliphatic rings. The molecule has 1 fully saturated rings. The standard InChI is InChI=1S/C17H26N6O/c1-4-23-11-15(13(3)21-23)10-22-6-5-14(9-22)8-18-17(24)16-7-12(2)19-20-16/h7,11,14H,4-6,8-10H2,1-3H3,(H,18,24)(H,19,20). The number of hydrogen-bond donors (Lipinski definition) is 2. The van der Waals surface area contributed by atoms with Gasteiger partial charge in [-0.2, -0.15) is 10.2 Å². The van der Waals surface area contributed by atoms with Gasteiger partial charge in [-0.15, -0.1) is 0 Å². The van der Waals surface area contributed by atoms with E-state index in [4.69, 9.17) is 0 Å². The number of aromatic amines is 1. The smallest absolute Gasteiger partial charge is 0.271 e. The second-order valence-corrected chi connectivity index (χ2v) is 6.63. The van der Waals surface area contributed by atoms with Crippen molar-refractivity contribution in [3.8, 4) is 0 Å². The summed E-state index contributed by atoms with van der Waals surface area (Å²) < 4.78 is 1.99. The molecule has 2 N–H and O–H groups in total. The Balaban J connectivity index is 1.47. The van der Waals surface area contributed by atoms with Crippen molar-refractivity contribution in [2.45, 2.75) is 40.3 Å². The van der Waals surface area contributed by atoms with Crippen LogP contribution in [-0.4, -0.2) is 50.4 Å². The van der Waals surface area contributed by atoms with Gasteiger partial charge in [0, 0.05) is 43.6 Å². The molecule has 0 bridgehead atoms. The van der Waals surface area contributed by atoms with Gasteiger partial charge in [-0.05, 0) is 45.7 Å². The number of hydrogen-bond acceptors (Lipinski definition) is 4. The molecule has 1 atom stereocenters. The topological polar surface area (TPSA) is 78.8 Å². The van der Waals surface area contributed by atoms with Crippen LogP contribution in [0.2, 0.25) is 0 Å². The van der Waals surface area contributed by atoms with Gasteiger partial charge in [0.25, 0.3) is 5.91 Å². The molecule has 7 heteroatoms. The van der Waals surface area contributed by atoms with Crippen molar-refractivity contribution in [2.24, 2.45) is 5.92 Å². The van der Waals surface area contributed by atoms with Crippen molar-refractivity contribution >= 4 is 5.91 Å². The van der Waals surface area contributed by atoms with Crippen LogP contribution in [0.3, 0.4) is 0 Å². The Hall–Kier alpha value is -2.15. The lowest BCUT2D eigenvalue weighted by atomic mass is 10.1. The average Bonchev–Trinajstić information content (AvgIpc) is 3.27. The van der Waals surface area contributed by atoms with Gasteiger partial charge in [0.1, 0.15) is 5.69 Å². The van der Waals surface area contributed by atoms with Crippen molar-refractivity contribution in [1.82, 2.24) is 30.2 Å². The maximum Gasteiger partial charge on any atom is 0.271 e. The predicted octanol–water partition coefficient (Wildman–Crippen LogP) is 1.49. The molecule has 0 aliphatic carbocycles. The van der Waals surface area contributed by atoms with E-state index in [-0.39, 0.29) is 5.91 Å². The summed E-state index contributed by atoms with van der Waals surface area (Å²) in [5.41, 5.74) is 3.77. The van der Waals surface area contributed by atoms with Crippen LogP contribution in [0.1, 0.15) is 40.8 Å². The molecule has 1 amide bonds. The second-order valence-electron chi connectivity index (χ2n) is 6.63. The molecule has 0 saturated carbocycles. The molecule has 3 rings (SSSR count). The van der Waals surface area contributed by atoms with E-state index in [1.54, 1.807) is 6.07 Å². The van der Waals surface area contributed by atoms with Crippen LogP contribution in [0.15, 0.2) is 12.3 Å². The highest BCUT2D eigenvalue weighted by atomic mass is 16.1. The molecule has 24 heavy (non-hydrogen) atoms. The summed E-state index contributed by atoms with van der Waals surface area (Å²) in [6, 6.07) is 1.77. The van der Waals surface area contributed by atoms with Crippen molar-refractivity contribution in [3.05, 3.63) is 34.9 Å². The summed E-state index contributed by atoms with van der Waals surface area (Å²) in [7, 11) is 0. The van der Waals surface area contributed by atoms with Gasteiger partial charge in [-0.3, -0.25) is 19.5 Å². The number of carbonyl (C=O) groups is 1. The van der Waals surface area contributed by atoms with E-state index in [1.165, 1.54) is 5.56 Å². The van der Waals surface area contributed by atoms with Gasteiger partial charge in [-0.1, -0.05) is 0 Å². The Kier molecular flexibility index (Phi) is 4.99. The van der Waals surface area contributed by atoms with E-state index in [2.05, 4.69) is 45.6 Å². The number of rotatable bonds is 6. The van der Waals surface area contributed by atoms with E-state index in [0.717, 1.165) is 44.0 Å². The van der Waals surface area contributed by atoms with Crippen LogP contribution in [0.5, 0.6) is 0 Å². The first-order valence-electron chi connectivity index (χ1n) is 8.60. The Morgan fingerprint density at radius 1 is 1.46 bits per heavy atom. The van der Waals surface area contributed by atoms with Gasteiger partial charge in [0.2, 0.25) is 0 Å². The first-order chi connectivity index (χ1) is 11.5. The molecule has 1 aliphatic heterocycles. The van der Waals surface area contributed by atoms with Crippen LogP contribution in [-0.2, 0) is 13.1 Å². The van der Waals surface area contributed by atoms with Gasteiger partial charge in [0.15, 0.2) is 0 Å². The largest absolute Gasteiger partial charge is 0.350 e. The molecule has 1 unspecified atom stereocenters. The van der Waals surface area contributed by atoms with Gasteiger partial charge >= 0.3 is 0 Å². The number of likely N-dealkylation sites (tertiary alicyclic amines) is 1. The molecule has 0 spiro atoms. The van der Waals surface area contributed by atoms with Crippen molar-refractivity contribution in [3.63, 3.8) is 0 Å². The lowest BCUT2D eigenvalue weighted by molar-refractivity contribution is 0.0942. The molecule has 2 aromatic rings. The van der Waals surface area contributed by atoms with E-state index < -0.39 is 0 Å². The summed E-state index contributed by atoms with van der Waals surface area (Å²) in [6.45, 7) is 10.7. The number of aromatic nitrogens is 4.